The molecule has 3 nitrogen and oxygen atoms in total. The predicted molar refractivity (Wildman–Crippen MR) is 66.4 cm³/mol. The lowest BCUT2D eigenvalue weighted by molar-refractivity contribution is 0.192. The van der Waals surface area contributed by atoms with Gasteiger partial charge in [-0.1, -0.05) is 0 Å². The van der Waals surface area contributed by atoms with Gasteiger partial charge in [0.25, 0.3) is 0 Å². The number of rotatable bonds is 3. The van der Waals surface area contributed by atoms with Crippen LogP contribution in [-0.2, 0) is 0 Å². The number of hydrogen-bond acceptors (Lipinski definition) is 3. The molecule has 3 fully saturated rings. The van der Waals surface area contributed by atoms with Gasteiger partial charge in [-0.05, 0) is 57.7 Å². The maximum Gasteiger partial charge on any atom is 0.0223 e. The third-order valence-electron chi connectivity index (χ3n) is 5.18. The maximum absolute atomic E-state index is 5.89. The van der Waals surface area contributed by atoms with Gasteiger partial charge in [-0.2, -0.15) is 0 Å². The van der Waals surface area contributed by atoms with Crippen LogP contribution in [0.15, 0.2) is 0 Å². The Hall–Kier alpha value is -0.120. The Bertz CT molecular complexity index is 262. The molecule has 16 heavy (non-hydrogen) atoms. The van der Waals surface area contributed by atoms with Crippen molar-refractivity contribution in [2.45, 2.75) is 44.2 Å². The van der Waals surface area contributed by atoms with Crippen LogP contribution in [-0.4, -0.2) is 55.1 Å². The van der Waals surface area contributed by atoms with Crippen LogP contribution >= 0.6 is 0 Å². The van der Waals surface area contributed by atoms with E-state index in [0.717, 1.165) is 18.6 Å². The van der Waals surface area contributed by atoms with E-state index in [0.29, 0.717) is 5.41 Å². The highest BCUT2D eigenvalue weighted by Crippen LogP contribution is 2.45. The summed E-state index contributed by atoms with van der Waals surface area (Å²) in [5.41, 5.74) is 6.41. The number of likely N-dealkylation sites (tertiary alicyclic amines) is 1. The largest absolute Gasteiger partial charge is 0.330 e. The van der Waals surface area contributed by atoms with Gasteiger partial charge in [0, 0.05) is 25.2 Å². The highest BCUT2D eigenvalue weighted by atomic mass is 15.3. The topological polar surface area (TPSA) is 32.5 Å². The molecule has 92 valence electrons. The summed E-state index contributed by atoms with van der Waals surface area (Å²) in [6.45, 7) is 4.75. The lowest BCUT2D eigenvalue weighted by Gasteiger charge is -2.28. The van der Waals surface area contributed by atoms with Crippen molar-refractivity contribution in [1.29, 1.82) is 0 Å². The highest BCUT2D eigenvalue weighted by molar-refractivity contribution is 4.99. The predicted octanol–water partition coefficient (Wildman–Crippen LogP) is 0.894. The smallest absolute Gasteiger partial charge is 0.0223 e. The molecule has 1 saturated carbocycles. The molecular weight excluding hydrogens is 198 g/mol. The standard InChI is InChI=1S/C13H25N3/c1-15-11-2-3-12(15)8-16(7-4-11)10-13(9-14)5-6-13/h11-12H,2-10,14H2,1H3. The summed E-state index contributed by atoms with van der Waals surface area (Å²) in [7, 11) is 2.32. The molecule has 0 aromatic carbocycles. The van der Waals surface area contributed by atoms with E-state index in [1.54, 1.807) is 0 Å². The van der Waals surface area contributed by atoms with Gasteiger partial charge in [0.05, 0.1) is 0 Å². The van der Waals surface area contributed by atoms with Crippen LogP contribution in [0.3, 0.4) is 0 Å². The zero-order valence-electron chi connectivity index (χ0n) is 10.5. The van der Waals surface area contributed by atoms with Crippen LogP contribution in [0.5, 0.6) is 0 Å². The summed E-state index contributed by atoms with van der Waals surface area (Å²) in [4.78, 5) is 5.32. The molecule has 3 aliphatic rings. The molecule has 2 unspecified atom stereocenters. The van der Waals surface area contributed by atoms with Crippen molar-refractivity contribution in [2.75, 3.05) is 33.2 Å². The van der Waals surface area contributed by atoms with E-state index >= 15 is 0 Å². The summed E-state index contributed by atoms with van der Waals surface area (Å²) in [6, 6.07) is 1.68. The van der Waals surface area contributed by atoms with Crippen molar-refractivity contribution >= 4 is 0 Å². The van der Waals surface area contributed by atoms with Gasteiger partial charge in [0.1, 0.15) is 0 Å². The molecule has 0 aromatic heterocycles. The number of likely N-dealkylation sites (N-methyl/N-ethyl adjacent to an activating group) is 1. The minimum absolute atomic E-state index is 0.516. The van der Waals surface area contributed by atoms with Crippen molar-refractivity contribution < 1.29 is 0 Å². The Morgan fingerprint density at radius 2 is 1.94 bits per heavy atom. The summed E-state index contributed by atoms with van der Waals surface area (Å²) in [6.07, 6.45) is 6.94. The van der Waals surface area contributed by atoms with E-state index in [9.17, 15) is 0 Å². The number of hydrogen-bond donors (Lipinski definition) is 1. The Balaban J connectivity index is 1.61. The zero-order valence-corrected chi connectivity index (χ0v) is 10.5. The maximum atomic E-state index is 5.89. The van der Waals surface area contributed by atoms with Crippen molar-refractivity contribution in [3.05, 3.63) is 0 Å². The third-order valence-corrected chi connectivity index (χ3v) is 5.18. The Morgan fingerprint density at radius 3 is 2.62 bits per heavy atom. The van der Waals surface area contributed by atoms with Crippen molar-refractivity contribution in [3.63, 3.8) is 0 Å². The molecular formula is C13H25N3. The molecule has 1 aliphatic carbocycles. The highest BCUT2D eigenvalue weighted by Gasteiger charge is 2.44. The van der Waals surface area contributed by atoms with Crippen LogP contribution in [0.25, 0.3) is 0 Å². The summed E-state index contributed by atoms with van der Waals surface area (Å²) < 4.78 is 0. The van der Waals surface area contributed by atoms with E-state index in [-0.39, 0.29) is 0 Å². The first-order chi connectivity index (χ1) is 7.72. The van der Waals surface area contributed by atoms with Crippen molar-refractivity contribution in [1.82, 2.24) is 9.80 Å². The second kappa shape index (κ2) is 3.97. The molecule has 3 heteroatoms. The lowest BCUT2D eigenvalue weighted by atomic mass is 10.0. The molecule has 2 atom stereocenters. The quantitative estimate of drug-likeness (QED) is 0.771. The molecule has 2 bridgehead atoms. The first-order valence-electron chi connectivity index (χ1n) is 6.87. The van der Waals surface area contributed by atoms with Crippen LogP contribution < -0.4 is 5.73 Å². The Kier molecular flexibility index (Phi) is 2.73. The molecule has 0 amide bonds. The molecule has 2 saturated heterocycles. The van der Waals surface area contributed by atoms with Gasteiger partial charge < -0.3 is 10.6 Å². The van der Waals surface area contributed by atoms with E-state index in [1.807, 2.05) is 0 Å². The molecule has 3 rings (SSSR count). The normalized spacial score (nSPS) is 38.6. The average molecular weight is 223 g/mol. The van der Waals surface area contributed by atoms with E-state index < -0.39 is 0 Å². The third kappa shape index (κ3) is 1.89. The van der Waals surface area contributed by atoms with Crippen molar-refractivity contribution in [3.8, 4) is 0 Å². The lowest BCUT2D eigenvalue weighted by Crippen LogP contribution is -2.40. The second-order valence-corrected chi connectivity index (χ2v) is 6.28. The average Bonchev–Trinajstić information content (AvgIpc) is 2.97. The van der Waals surface area contributed by atoms with Gasteiger partial charge >= 0.3 is 0 Å². The van der Waals surface area contributed by atoms with Crippen LogP contribution in [0.4, 0.5) is 0 Å². The first kappa shape index (κ1) is 11.0. The first-order valence-corrected chi connectivity index (χ1v) is 6.87. The zero-order chi connectivity index (χ0) is 11.2. The van der Waals surface area contributed by atoms with Gasteiger partial charge in [-0.25, -0.2) is 0 Å². The molecule has 2 aliphatic heterocycles. The van der Waals surface area contributed by atoms with Gasteiger partial charge in [0.15, 0.2) is 0 Å². The number of nitrogens with two attached hydrogens (primary N) is 1. The van der Waals surface area contributed by atoms with E-state index in [4.69, 9.17) is 5.73 Å². The SMILES string of the molecule is CN1C2CCC1CN(CC1(CN)CC1)CC2. The fraction of sp³-hybridized carbons (Fsp3) is 1.00. The summed E-state index contributed by atoms with van der Waals surface area (Å²) >= 11 is 0. The van der Waals surface area contributed by atoms with Gasteiger partial charge in [-0.3, -0.25) is 4.90 Å². The Morgan fingerprint density at radius 1 is 1.19 bits per heavy atom. The molecule has 0 spiro atoms. The summed E-state index contributed by atoms with van der Waals surface area (Å²) in [5, 5.41) is 0. The summed E-state index contributed by atoms with van der Waals surface area (Å²) in [5.74, 6) is 0. The van der Waals surface area contributed by atoms with E-state index in [1.165, 1.54) is 51.7 Å². The van der Waals surface area contributed by atoms with Crippen LogP contribution in [0.2, 0.25) is 0 Å². The molecule has 2 heterocycles. The second-order valence-electron chi connectivity index (χ2n) is 6.28. The van der Waals surface area contributed by atoms with Gasteiger partial charge in [0.2, 0.25) is 0 Å². The van der Waals surface area contributed by atoms with Crippen LogP contribution in [0.1, 0.15) is 32.1 Å². The molecule has 0 aromatic rings. The monoisotopic (exact) mass is 223 g/mol. The Labute approximate surface area is 99.0 Å². The molecule has 0 radical (unpaired) electrons. The number of fused-ring (bicyclic) bond motifs is 2. The van der Waals surface area contributed by atoms with Crippen LogP contribution in [0, 0.1) is 5.41 Å². The minimum atomic E-state index is 0.516. The minimum Gasteiger partial charge on any atom is -0.330 e. The van der Waals surface area contributed by atoms with E-state index in [2.05, 4.69) is 16.8 Å². The van der Waals surface area contributed by atoms with Crippen molar-refractivity contribution in [2.24, 2.45) is 11.1 Å². The van der Waals surface area contributed by atoms with Gasteiger partial charge in [-0.15, -0.1) is 0 Å². The fourth-order valence-corrected chi connectivity index (χ4v) is 3.60. The fourth-order valence-electron chi connectivity index (χ4n) is 3.60. The molecule has 2 N–H and O–H groups in total. The number of nitrogens with zero attached hydrogens (tertiary/aromatic N) is 2.